The standard InChI is InChI=1S/C15H22BrN3O5/c1-5-22-12(20)7-23-15(10-6-11(16)18-17-10)8-19(9-15)13(21)24-14(2,3)4/h6H,5,7-9H2,1-4H3,(H,17,18). The van der Waals surface area contributed by atoms with Crippen molar-refractivity contribution in [2.45, 2.75) is 38.9 Å². The maximum Gasteiger partial charge on any atom is 0.410 e. The summed E-state index contributed by atoms with van der Waals surface area (Å²) < 4.78 is 16.6. The van der Waals surface area contributed by atoms with E-state index in [1.807, 2.05) is 0 Å². The van der Waals surface area contributed by atoms with Gasteiger partial charge in [0.1, 0.15) is 22.4 Å². The largest absolute Gasteiger partial charge is 0.464 e. The minimum Gasteiger partial charge on any atom is -0.464 e. The number of esters is 1. The van der Waals surface area contributed by atoms with E-state index >= 15 is 0 Å². The van der Waals surface area contributed by atoms with Crippen molar-refractivity contribution in [1.82, 2.24) is 15.1 Å². The van der Waals surface area contributed by atoms with Crippen LogP contribution in [0.3, 0.4) is 0 Å². The summed E-state index contributed by atoms with van der Waals surface area (Å²) >= 11 is 3.27. The molecule has 1 aromatic rings. The van der Waals surface area contributed by atoms with Crippen molar-refractivity contribution in [2.24, 2.45) is 0 Å². The van der Waals surface area contributed by atoms with Crippen LogP contribution in [-0.4, -0.2) is 59.1 Å². The lowest BCUT2D eigenvalue weighted by Crippen LogP contribution is -2.63. The highest BCUT2D eigenvalue weighted by molar-refractivity contribution is 9.10. The molecule has 0 unspecified atom stereocenters. The molecule has 0 radical (unpaired) electrons. The zero-order valence-corrected chi connectivity index (χ0v) is 15.8. The Hall–Kier alpha value is -1.61. The minimum atomic E-state index is -0.831. The molecule has 1 aromatic heterocycles. The zero-order chi connectivity index (χ0) is 18.0. The first-order valence-corrected chi connectivity index (χ1v) is 8.43. The zero-order valence-electron chi connectivity index (χ0n) is 14.2. The van der Waals surface area contributed by atoms with Gasteiger partial charge in [0.05, 0.1) is 25.4 Å². The van der Waals surface area contributed by atoms with Crippen molar-refractivity contribution < 1.29 is 23.8 Å². The van der Waals surface area contributed by atoms with Crippen LogP contribution in [0.4, 0.5) is 4.79 Å². The maximum atomic E-state index is 12.1. The SMILES string of the molecule is CCOC(=O)COC1(c2cc(Br)n[nH]2)CN(C(=O)OC(C)(C)C)C1. The third-order valence-electron chi connectivity index (χ3n) is 3.35. The second kappa shape index (κ2) is 7.10. The summed E-state index contributed by atoms with van der Waals surface area (Å²) in [7, 11) is 0. The van der Waals surface area contributed by atoms with Gasteiger partial charge in [-0.25, -0.2) is 9.59 Å². The number of nitrogens with one attached hydrogen (secondary N) is 1. The summed E-state index contributed by atoms with van der Waals surface area (Å²) in [6.07, 6.45) is -0.420. The fraction of sp³-hybridized carbons (Fsp3) is 0.667. The molecular formula is C15H22BrN3O5. The molecule has 1 aliphatic heterocycles. The number of hydrogen-bond donors (Lipinski definition) is 1. The van der Waals surface area contributed by atoms with E-state index in [-0.39, 0.29) is 26.3 Å². The molecule has 9 heteroatoms. The number of amides is 1. The van der Waals surface area contributed by atoms with E-state index in [1.54, 1.807) is 33.8 Å². The number of carbonyl (C=O) groups is 2. The minimum absolute atomic E-state index is 0.202. The van der Waals surface area contributed by atoms with E-state index in [0.29, 0.717) is 10.3 Å². The van der Waals surface area contributed by atoms with Crippen LogP contribution in [0.25, 0.3) is 0 Å². The fourth-order valence-corrected chi connectivity index (χ4v) is 2.61. The average Bonchev–Trinajstić information content (AvgIpc) is 2.82. The number of aromatic nitrogens is 2. The Morgan fingerprint density at radius 1 is 1.42 bits per heavy atom. The molecule has 0 bridgehead atoms. The second-order valence-corrected chi connectivity index (χ2v) is 7.34. The van der Waals surface area contributed by atoms with Crippen molar-refractivity contribution in [3.8, 4) is 0 Å². The molecule has 0 aliphatic carbocycles. The molecule has 2 rings (SSSR count). The van der Waals surface area contributed by atoms with Crippen molar-refractivity contribution in [2.75, 3.05) is 26.3 Å². The van der Waals surface area contributed by atoms with Crippen molar-refractivity contribution in [1.29, 1.82) is 0 Å². The summed E-state index contributed by atoms with van der Waals surface area (Å²) in [5.74, 6) is -0.453. The van der Waals surface area contributed by atoms with Gasteiger partial charge in [0.2, 0.25) is 0 Å². The lowest BCUT2D eigenvalue weighted by Gasteiger charge is -2.48. The normalized spacial score (nSPS) is 16.5. The Kier molecular flexibility index (Phi) is 5.54. The number of nitrogens with zero attached hydrogens (tertiary/aromatic N) is 2. The van der Waals surface area contributed by atoms with Crippen LogP contribution in [0.2, 0.25) is 0 Å². The second-order valence-electron chi connectivity index (χ2n) is 6.53. The molecule has 1 N–H and O–H groups in total. The highest BCUT2D eigenvalue weighted by Gasteiger charge is 2.50. The monoisotopic (exact) mass is 403 g/mol. The van der Waals surface area contributed by atoms with Gasteiger partial charge >= 0.3 is 12.1 Å². The van der Waals surface area contributed by atoms with Gasteiger partial charge in [-0.05, 0) is 49.7 Å². The van der Waals surface area contributed by atoms with E-state index in [9.17, 15) is 9.59 Å². The van der Waals surface area contributed by atoms with E-state index in [2.05, 4.69) is 26.1 Å². The Labute approximate surface area is 148 Å². The van der Waals surface area contributed by atoms with Crippen LogP contribution in [0.5, 0.6) is 0 Å². The van der Waals surface area contributed by atoms with Crippen LogP contribution in [0.15, 0.2) is 10.7 Å². The van der Waals surface area contributed by atoms with Crippen LogP contribution < -0.4 is 0 Å². The Morgan fingerprint density at radius 2 is 2.08 bits per heavy atom. The van der Waals surface area contributed by atoms with E-state index in [1.165, 1.54) is 4.90 Å². The van der Waals surface area contributed by atoms with Crippen molar-refractivity contribution >= 4 is 28.0 Å². The third-order valence-corrected chi connectivity index (χ3v) is 3.76. The van der Waals surface area contributed by atoms with Crippen LogP contribution in [0, 0.1) is 0 Å². The molecule has 2 heterocycles. The van der Waals surface area contributed by atoms with Gasteiger partial charge in [0.15, 0.2) is 0 Å². The molecular weight excluding hydrogens is 382 g/mol. The molecule has 134 valence electrons. The number of H-pyrrole nitrogens is 1. The fourth-order valence-electron chi connectivity index (χ4n) is 2.30. The molecule has 0 spiro atoms. The number of rotatable bonds is 5. The topological polar surface area (TPSA) is 93.8 Å². The first kappa shape index (κ1) is 18.7. The highest BCUT2D eigenvalue weighted by atomic mass is 79.9. The highest BCUT2D eigenvalue weighted by Crippen LogP contribution is 2.36. The molecule has 1 fully saturated rings. The molecule has 1 amide bonds. The summed E-state index contributed by atoms with van der Waals surface area (Å²) in [5.41, 5.74) is -0.723. The van der Waals surface area contributed by atoms with E-state index in [4.69, 9.17) is 14.2 Å². The molecule has 1 saturated heterocycles. The van der Waals surface area contributed by atoms with Gasteiger partial charge < -0.3 is 19.1 Å². The summed E-state index contributed by atoms with van der Waals surface area (Å²) in [6.45, 7) is 7.75. The third kappa shape index (κ3) is 4.47. The van der Waals surface area contributed by atoms with Gasteiger partial charge in [-0.1, -0.05) is 0 Å². The van der Waals surface area contributed by atoms with Gasteiger partial charge in [-0.3, -0.25) is 5.10 Å². The van der Waals surface area contributed by atoms with Crippen LogP contribution in [0.1, 0.15) is 33.4 Å². The molecule has 24 heavy (non-hydrogen) atoms. The number of carbonyl (C=O) groups excluding carboxylic acids is 2. The Balaban J connectivity index is 2.05. The number of hydrogen-bond acceptors (Lipinski definition) is 6. The van der Waals surface area contributed by atoms with Crippen LogP contribution >= 0.6 is 15.9 Å². The summed E-state index contributed by atoms with van der Waals surface area (Å²) in [5, 5.41) is 6.88. The first-order valence-electron chi connectivity index (χ1n) is 7.64. The van der Waals surface area contributed by atoms with Gasteiger partial charge in [0, 0.05) is 0 Å². The predicted molar refractivity (Wildman–Crippen MR) is 88.4 cm³/mol. The number of halogens is 1. The van der Waals surface area contributed by atoms with Crippen molar-refractivity contribution in [3.63, 3.8) is 0 Å². The van der Waals surface area contributed by atoms with Gasteiger partial charge in [0.25, 0.3) is 0 Å². The number of ether oxygens (including phenoxy) is 3. The first-order chi connectivity index (χ1) is 11.1. The molecule has 1 aliphatic rings. The van der Waals surface area contributed by atoms with Gasteiger partial charge in [-0.15, -0.1) is 0 Å². The molecule has 8 nitrogen and oxygen atoms in total. The number of aromatic amines is 1. The lowest BCUT2D eigenvalue weighted by atomic mass is 9.90. The average molecular weight is 404 g/mol. The molecule has 0 saturated carbocycles. The molecule has 0 atom stereocenters. The quantitative estimate of drug-likeness (QED) is 0.757. The lowest BCUT2D eigenvalue weighted by molar-refractivity contribution is -0.175. The molecule has 0 aromatic carbocycles. The maximum absolute atomic E-state index is 12.1. The Morgan fingerprint density at radius 3 is 2.58 bits per heavy atom. The van der Waals surface area contributed by atoms with E-state index < -0.39 is 23.3 Å². The van der Waals surface area contributed by atoms with Crippen molar-refractivity contribution in [3.05, 3.63) is 16.4 Å². The van der Waals surface area contributed by atoms with E-state index in [0.717, 1.165) is 0 Å². The van der Waals surface area contributed by atoms with Crippen LogP contribution in [-0.2, 0) is 24.6 Å². The van der Waals surface area contributed by atoms with Gasteiger partial charge in [-0.2, -0.15) is 5.10 Å². The smallest absolute Gasteiger partial charge is 0.410 e. The predicted octanol–water partition coefficient (Wildman–Crippen LogP) is 2.20. The summed E-state index contributed by atoms with van der Waals surface area (Å²) in [4.78, 5) is 25.2. The Bertz CT molecular complexity index is 604. The summed E-state index contributed by atoms with van der Waals surface area (Å²) in [6, 6.07) is 1.76. The number of likely N-dealkylation sites (tertiary alicyclic amines) is 1.